The maximum atomic E-state index is 13.2. The molecule has 0 aliphatic carbocycles. The monoisotopic (exact) mass is 373 g/mol. The van der Waals surface area contributed by atoms with Crippen LogP contribution in [-0.4, -0.2) is 52.5 Å². The zero-order chi connectivity index (χ0) is 18.7. The van der Waals surface area contributed by atoms with Crippen LogP contribution in [0.1, 0.15) is 26.3 Å². The summed E-state index contributed by atoms with van der Waals surface area (Å²) in [5.41, 5.74) is 0.556. The van der Waals surface area contributed by atoms with Gasteiger partial charge in [0.15, 0.2) is 5.96 Å². The van der Waals surface area contributed by atoms with Crippen molar-refractivity contribution in [1.82, 2.24) is 10.6 Å². The first kappa shape index (κ1) is 21.7. The molecule has 5 nitrogen and oxygen atoms in total. The van der Waals surface area contributed by atoms with E-state index in [1.54, 1.807) is 13.2 Å². The van der Waals surface area contributed by atoms with E-state index >= 15 is 0 Å². The van der Waals surface area contributed by atoms with Gasteiger partial charge in [0, 0.05) is 30.6 Å². The first-order valence-corrected chi connectivity index (χ1v) is 8.83. The summed E-state index contributed by atoms with van der Waals surface area (Å²) in [5, 5.41) is 6.84. The predicted octanol–water partition coefficient (Wildman–Crippen LogP) is 2.97. The van der Waals surface area contributed by atoms with Gasteiger partial charge in [-0.05, 0) is 24.6 Å². The fourth-order valence-corrected chi connectivity index (χ4v) is 2.65. The van der Waals surface area contributed by atoms with Gasteiger partial charge in [0.05, 0.1) is 26.4 Å². The highest BCUT2D eigenvalue weighted by molar-refractivity contribution is 6.31. The van der Waals surface area contributed by atoms with Crippen molar-refractivity contribution in [3.8, 4) is 0 Å². The van der Waals surface area contributed by atoms with Gasteiger partial charge in [0.2, 0.25) is 0 Å². The summed E-state index contributed by atoms with van der Waals surface area (Å²) in [6, 6.07) is 4.48. The summed E-state index contributed by atoms with van der Waals surface area (Å²) in [7, 11) is 1.65. The highest BCUT2D eigenvalue weighted by atomic mass is 35.5. The van der Waals surface area contributed by atoms with Gasteiger partial charge in [-0.25, -0.2) is 4.39 Å². The number of methoxy groups -OCH3 is 1. The van der Waals surface area contributed by atoms with Gasteiger partial charge < -0.3 is 20.1 Å². The Labute approximate surface area is 155 Å². The summed E-state index contributed by atoms with van der Waals surface area (Å²) < 4.78 is 23.6. The van der Waals surface area contributed by atoms with E-state index in [9.17, 15) is 4.39 Å². The normalized spacial score (nSPS) is 12.3. The average Bonchev–Trinajstić information content (AvgIpc) is 2.55. The molecule has 1 aromatic rings. The van der Waals surface area contributed by atoms with Crippen LogP contribution < -0.4 is 10.6 Å². The zero-order valence-electron chi connectivity index (χ0n) is 15.5. The van der Waals surface area contributed by atoms with Crippen molar-refractivity contribution in [3.05, 3.63) is 34.6 Å². The highest BCUT2D eigenvalue weighted by Crippen LogP contribution is 2.30. The maximum Gasteiger partial charge on any atom is 0.191 e. The van der Waals surface area contributed by atoms with Crippen LogP contribution in [0.2, 0.25) is 5.02 Å². The van der Waals surface area contributed by atoms with Crippen LogP contribution in [-0.2, 0) is 14.9 Å². The van der Waals surface area contributed by atoms with Crippen LogP contribution in [0.15, 0.2) is 23.2 Å². The minimum atomic E-state index is -0.337. The number of hydrogen-bond acceptors (Lipinski definition) is 3. The third-order valence-electron chi connectivity index (χ3n) is 3.61. The summed E-state index contributed by atoms with van der Waals surface area (Å²) in [6.45, 7) is 9.72. The number of halogens is 2. The fraction of sp³-hybridized carbons (Fsp3) is 0.611. The lowest BCUT2D eigenvalue weighted by Gasteiger charge is -2.25. The van der Waals surface area contributed by atoms with Gasteiger partial charge in [-0.2, -0.15) is 0 Å². The molecule has 1 rings (SSSR count). The molecular weight excluding hydrogens is 345 g/mol. The Hall–Kier alpha value is -1.37. The molecule has 0 aliphatic heterocycles. The number of benzene rings is 1. The van der Waals surface area contributed by atoms with E-state index in [-0.39, 0.29) is 11.2 Å². The standard InChI is InChI=1S/C18H29ClFN3O2/c1-5-21-17(22-8-9-25-11-10-24-4)23-13-18(2,3)15-7-6-14(20)12-16(15)19/h6-7,12H,5,8-11,13H2,1-4H3,(H2,21,22,23). The summed E-state index contributed by atoms with van der Waals surface area (Å²) in [5.74, 6) is 0.376. The molecule has 0 unspecified atom stereocenters. The van der Waals surface area contributed by atoms with E-state index < -0.39 is 0 Å². The van der Waals surface area contributed by atoms with E-state index in [1.807, 2.05) is 20.8 Å². The van der Waals surface area contributed by atoms with Crippen molar-refractivity contribution in [2.24, 2.45) is 4.99 Å². The molecular formula is C18H29ClFN3O2. The Kier molecular flexibility index (Phi) is 9.78. The van der Waals surface area contributed by atoms with Gasteiger partial charge in [-0.1, -0.05) is 31.5 Å². The molecule has 0 amide bonds. The van der Waals surface area contributed by atoms with Crippen LogP contribution in [0.25, 0.3) is 0 Å². The Bertz CT molecular complexity index is 553. The number of hydrogen-bond donors (Lipinski definition) is 2. The lowest BCUT2D eigenvalue weighted by molar-refractivity contribution is 0.0733. The lowest BCUT2D eigenvalue weighted by atomic mass is 9.84. The van der Waals surface area contributed by atoms with Crippen molar-refractivity contribution in [3.63, 3.8) is 0 Å². The number of ether oxygens (including phenoxy) is 2. The van der Waals surface area contributed by atoms with Crippen molar-refractivity contribution < 1.29 is 13.9 Å². The second-order valence-corrected chi connectivity index (χ2v) is 6.64. The molecule has 142 valence electrons. The SMILES string of the molecule is CCNC(=NCC(C)(C)c1ccc(F)cc1Cl)NCCOCCOC. The number of nitrogens with zero attached hydrogens (tertiary/aromatic N) is 1. The molecule has 0 heterocycles. The molecule has 0 spiro atoms. The van der Waals surface area contributed by atoms with Crippen LogP contribution in [0.4, 0.5) is 4.39 Å². The molecule has 0 atom stereocenters. The lowest BCUT2D eigenvalue weighted by Crippen LogP contribution is -2.40. The molecule has 7 heteroatoms. The minimum Gasteiger partial charge on any atom is -0.382 e. The molecule has 0 aromatic heterocycles. The van der Waals surface area contributed by atoms with Gasteiger partial charge in [0.1, 0.15) is 5.82 Å². The van der Waals surface area contributed by atoms with Crippen LogP contribution >= 0.6 is 11.6 Å². The number of nitrogens with one attached hydrogen (secondary N) is 2. The third kappa shape index (κ3) is 8.03. The molecule has 0 fully saturated rings. The first-order chi connectivity index (χ1) is 11.9. The van der Waals surface area contributed by atoms with Crippen LogP contribution in [0.5, 0.6) is 0 Å². The number of guanidine groups is 1. The Morgan fingerprint density at radius 1 is 1.24 bits per heavy atom. The van der Waals surface area contributed by atoms with Gasteiger partial charge >= 0.3 is 0 Å². The first-order valence-electron chi connectivity index (χ1n) is 8.45. The Morgan fingerprint density at radius 3 is 2.64 bits per heavy atom. The fourth-order valence-electron chi connectivity index (χ4n) is 2.23. The van der Waals surface area contributed by atoms with E-state index in [0.717, 1.165) is 12.1 Å². The predicted molar refractivity (Wildman–Crippen MR) is 101 cm³/mol. The maximum absolute atomic E-state index is 13.2. The van der Waals surface area contributed by atoms with Crippen molar-refractivity contribution in [2.45, 2.75) is 26.2 Å². The van der Waals surface area contributed by atoms with Gasteiger partial charge in [0.25, 0.3) is 0 Å². The Balaban J connectivity index is 2.62. The highest BCUT2D eigenvalue weighted by Gasteiger charge is 2.23. The molecule has 0 radical (unpaired) electrons. The van der Waals surface area contributed by atoms with E-state index in [4.69, 9.17) is 21.1 Å². The van der Waals surface area contributed by atoms with E-state index in [0.29, 0.717) is 43.9 Å². The molecule has 0 aliphatic rings. The topological polar surface area (TPSA) is 54.9 Å². The summed E-state index contributed by atoms with van der Waals surface area (Å²) in [4.78, 5) is 4.62. The largest absolute Gasteiger partial charge is 0.382 e. The number of aliphatic imine (C=N–C) groups is 1. The van der Waals surface area contributed by atoms with Gasteiger partial charge in [-0.15, -0.1) is 0 Å². The molecule has 0 saturated carbocycles. The molecule has 0 bridgehead atoms. The second kappa shape index (κ2) is 11.3. The van der Waals surface area contributed by atoms with Gasteiger partial charge in [-0.3, -0.25) is 4.99 Å². The second-order valence-electron chi connectivity index (χ2n) is 6.24. The van der Waals surface area contributed by atoms with Crippen LogP contribution in [0.3, 0.4) is 0 Å². The third-order valence-corrected chi connectivity index (χ3v) is 3.92. The molecule has 2 N–H and O–H groups in total. The average molecular weight is 374 g/mol. The minimum absolute atomic E-state index is 0.317. The molecule has 0 saturated heterocycles. The van der Waals surface area contributed by atoms with E-state index in [1.165, 1.54) is 12.1 Å². The van der Waals surface area contributed by atoms with Crippen molar-refractivity contribution in [1.29, 1.82) is 0 Å². The molecule has 25 heavy (non-hydrogen) atoms. The van der Waals surface area contributed by atoms with Crippen molar-refractivity contribution >= 4 is 17.6 Å². The summed E-state index contributed by atoms with van der Waals surface area (Å²) >= 11 is 6.19. The summed E-state index contributed by atoms with van der Waals surface area (Å²) in [6.07, 6.45) is 0. The zero-order valence-corrected chi connectivity index (χ0v) is 16.3. The van der Waals surface area contributed by atoms with Crippen molar-refractivity contribution in [2.75, 3.05) is 46.6 Å². The molecule has 1 aromatic carbocycles. The number of rotatable bonds is 10. The Morgan fingerprint density at radius 2 is 2.00 bits per heavy atom. The smallest absolute Gasteiger partial charge is 0.191 e. The quantitative estimate of drug-likeness (QED) is 0.376. The van der Waals surface area contributed by atoms with Crippen LogP contribution in [0, 0.1) is 5.82 Å². The van der Waals surface area contributed by atoms with E-state index in [2.05, 4.69) is 15.6 Å².